The number of nitrogens with one attached hydrogen (secondary N) is 1. The van der Waals surface area contributed by atoms with Crippen molar-refractivity contribution in [2.24, 2.45) is 0 Å². The van der Waals surface area contributed by atoms with Crippen LogP contribution in [0.25, 0.3) is 0 Å². The lowest BCUT2D eigenvalue weighted by atomic mass is 10.2. The highest BCUT2D eigenvalue weighted by Crippen LogP contribution is 2.33. The highest BCUT2D eigenvalue weighted by molar-refractivity contribution is 6.30. The van der Waals surface area contributed by atoms with Gasteiger partial charge in [0.15, 0.2) is 11.5 Å². The molecule has 4 nitrogen and oxygen atoms in total. The third-order valence-corrected chi connectivity index (χ3v) is 3.40. The topological polar surface area (TPSA) is 44.7 Å². The Morgan fingerprint density at radius 1 is 1.42 bits per heavy atom. The Balaban J connectivity index is 2.52. The Kier molecular flexibility index (Phi) is 6.42. The van der Waals surface area contributed by atoms with Crippen LogP contribution in [0.15, 0.2) is 12.1 Å². The summed E-state index contributed by atoms with van der Waals surface area (Å²) in [6.07, 6.45) is 0. The Bertz CT molecular complexity index is 411. The number of likely N-dealkylation sites (N-methyl/N-ethyl adjacent to an activating group) is 1. The number of hydrogen-bond donors (Lipinski definition) is 2. The quantitative estimate of drug-likeness (QED) is 0.756. The van der Waals surface area contributed by atoms with Crippen molar-refractivity contribution in [3.8, 4) is 11.5 Å². The molecule has 1 rings (SSSR count). The highest BCUT2D eigenvalue weighted by Gasteiger charge is 2.10. The van der Waals surface area contributed by atoms with Crippen LogP contribution in [0.1, 0.15) is 19.4 Å². The standard InChI is InChI=1S/C14H23ClN2O2/c1-10(2)17(3)6-5-16-9-11-7-12(15)8-13(19-4)14(11)18/h7-8,10,16,18H,5-6,9H2,1-4H3. The van der Waals surface area contributed by atoms with E-state index in [0.717, 1.165) is 18.7 Å². The Labute approximate surface area is 120 Å². The third-order valence-electron chi connectivity index (χ3n) is 3.18. The van der Waals surface area contributed by atoms with Crippen molar-refractivity contribution in [2.45, 2.75) is 26.4 Å². The molecule has 0 aromatic heterocycles. The molecule has 5 heteroatoms. The van der Waals surface area contributed by atoms with E-state index in [1.807, 2.05) is 0 Å². The number of halogens is 1. The van der Waals surface area contributed by atoms with Crippen LogP contribution in [-0.4, -0.2) is 43.3 Å². The third kappa shape index (κ3) is 4.90. The summed E-state index contributed by atoms with van der Waals surface area (Å²) in [5.41, 5.74) is 0.747. The van der Waals surface area contributed by atoms with E-state index in [1.165, 1.54) is 7.11 Å². The van der Waals surface area contributed by atoms with Gasteiger partial charge in [0, 0.05) is 42.3 Å². The smallest absolute Gasteiger partial charge is 0.162 e. The molecule has 1 aromatic carbocycles. The summed E-state index contributed by atoms with van der Waals surface area (Å²) < 4.78 is 5.07. The molecular weight excluding hydrogens is 264 g/mol. The zero-order valence-corrected chi connectivity index (χ0v) is 12.8. The van der Waals surface area contributed by atoms with Crippen LogP contribution in [0.5, 0.6) is 11.5 Å². The van der Waals surface area contributed by atoms with E-state index < -0.39 is 0 Å². The number of nitrogens with zero attached hydrogens (tertiary/aromatic N) is 1. The summed E-state index contributed by atoms with van der Waals surface area (Å²) >= 11 is 5.98. The van der Waals surface area contributed by atoms with E-state index in [-0.39, 0.29) is 5.75 Å². The summed E-state index contributed by atoms with van der Waals surface area (Å²) in [5.74, 6) is 0.556. The zero-order valence-electron chi connectivity index (χ0n) is 12.0. The second-order valence-corrected chi connectivity index (χ2v) is 5.30. The first-order valence-electron chi connectivity index (χ1n) is 6.42. The van der Waals surface area contributed by atoms with Gasteiger partial charge in [-0.2, -0.15) is 0 Å². The number of hydrogen-bond acceptors (Lipinski definition) is 4. The van der Waals surface area contributed by atoms with Crippen molar-refractivity contribution in [3.05, 3.63) is 22.7 Å². The minimum Gasteiger partial charge on any atom is -0.504 e. The first-order chi connectivity index (χ1) is 8.95. The van der Waals surface area contributed by atoms with Crippen molar-refractivity contribution in [3.63, 3.8) is 0 Å². The molecule has 0 amide bonds. The van der Waals surface area contributed by atoms with Crippen molar-refractivity contribution in [1.82, 2.24) is 10.2 Å². The lowest BCUT2D eigenvalue weighted by Gasteiger charge is -2.21. The number of methoxy groups -OCH3 is 1. The first-order valence-corrected chi connectivity index (χ1v) is 6.79. The van der Waals surface area contributed by atoms with Gasteiger partial charge in [0.25, 0.3) is 0 Å². The number of ether oxygens (including phenoxy) is 1. The van der Waals surface area contributed by atoms with Gasteiger partial charge in [-0.15, -0.1) is 0 Å². The molecular formula is C14H23ClN2O2. The first kappa shape index (κ1) is 16.1. The van der Waals surface area contributed by atoms with Crippen LogP contribution >= 0.6 is 11.6 Å². The van der Waals surface area contributed by atoms with Crippen LogP contribution in [0.4, 0.5) is 0 Å². The molecule has 0 fully saturated rings. The summed E-state index contributed by atoms with van der Waals surface area (Å²) in [6, 6.07) is 3.88. The molecule has 19 heavy (non-hydrogen) atoms. The number of rotatable bonds is 7. The molecule has 1 aromatic rings. The minimum atomic E-state index is 0.150. The van der Waals surface area contributed by atoms with Gasteiger partial charge in [-0.3, -0.25) is 0 Å². The molecule has 2 N–H and O–H groups in total. The van der Waals surface area contributed by atoms with E-state index in [4.69, 9.17) is 16.3 Å². The summed E-state index contributed by atoms with van der Waals surface area (Å²) in [5, 5.41) is 13.8. The maximum atomic E-state index is 9.98. The fourth-order valence-electron chi connectivity index (χ4n) is 1.66. The molecule has 0 aliphatic heterocycles. The Morgan fingerprint density at radius 2 is 2.11 bits per heavy atom. The molecule has 0 radical (unpaired) electrons. The highest BCUT2D eigenvalue weighted by atomic mass is 35.5. The normalized spacial score (nSPS) is 11.3. The van der Waals surface area contributed by atoms with Crippen molar-refractivity contribution < 1.29 is 9.84 Å². The lowest BCUT2D eigenvalue weighted by Crippen LogP contribution is -2.33. The molecule has 0 saturated carbocycles. The average Bonchev–Trinajstić information content (AvgIpc) is 2.37. The zero-order chi connectivity index (χ0) is 14.4. The molecule has 0 spiro atoms. The van der Waals surface area contributed by atoms with Gasteiger partial charge in [0.1, 0.15) is 0 Å². The van der Waals surface area contributed by atoms with Crippen molar-refractivity contribution in [1.29, 1.82) is 0 Å². The van der Waals surface area contributed by atoms with E-state index in [0.29, 0.717) is 23.4 Å². The van der Waals surface area contributed by atoms with E-state index >= 15 is 0 Å². The second-order valence-electron chi connectivity index (χ2n) is 4.87. The van der Waals surface area contributed by atoms with E-state index in [1.54, 1.807) is 12.1 Å². The van der Waals surface area contributed by atoms with Gasteiger partial charge < -0.3 is 20.1 Å². The Hall–Kier alpha value is -0.970. The van der Waals surface area contributed by atoms with Crippen molar-refractivity contribution in [2.75, 3.05) is 27.2 Å². The Morgan fingerprint density at radius 3 is 2.68 bits per heavy atom. The van der Waals surface area contributed by atoms with Gasteiger partial charge in [0.05, 0.1) is 7.11 Å². The summed E-state index contributed by atoms with van der Waals surface area (Å²) in [6.45, 7) is 6.69. The summed E-state index contributed by atoms with van der Waals surface area (Å²) in [7, 11) is 3.60. The maximum absolute atomic E-state index is 9.98. The molecule has 0 unspecified atom stereocenters. The average molecular weight is 287 g/mol. The van der Waals surface area contributed by atoms with Crippen LogP contribution in [0, 0.1) is 0 Å². The van der Waals surface area contributed by atoms with Crippen LogP contribution in [-0.2, 0) is 6.54 Å². The lowest BCUT2D eigenvalue weighted by molar-refractivity contribution is 0.273. The number of aromatic hydroxyl groups is 1. The second kappa shape index (κ2) is 7.58. The van der Waals surface area contributed by atoms with Crippen LogP contribution in [0.2, 0.25) is 5.02 Å². The molecule has 0 heterocycles. The molecule has 0 atom stereocenters. The van der Waals surface area contributed by atoms with Gasteiger partial charge in [0.2, 0.25) is 0 Å². The van der Waals surface area contributed by atoms with Crippen molar-refractivity contribution >= 4 is 11.6 Å². The van der Waals surface area contributed by atoms with Crippen LogP contribution < -0.4 is 10.1 Å². The monoisotopic (exact) mass is 286 g/mol. The minimum absolute atomic E-state index is 0.150. The number of benzene rings is 1. The fourth-order valence-corrected chi connectivity index (χ4v) is 1.89. The predicted octanol–water partition coefficient (Wildman–Crippen LogP) is 2.48. The molecule has 0 saturated heterocycles. The number of phenols is 1. The maximum Gasteiger partial charge on any atom is 0.162 e. The van der Waals surface area contributed by atoms with Gasteiger partial charge >= 0.3 is 0 Å². The van der Waals surface area contributed by atoms with E-state index in [9.17, 15) is 5.11 Å². The van der Waals surface area contributed by atoms with Crippen LogP contribution in [0.3, 0.4) is 0 Å². The molecule has 108 valence electrons. The van der Waals surface area contributed by atoms with Gasteiger partial charge in [-0.25, -0.2) is 0 Å². The SMILES string of the molecule is COc1cc(Cl)cc(CNCCN(C)C(C)C)c1O. The predicted molar refractivity (Wildman–Crippen MR) is 79.1 cm³/mol. The molecule has 0 aliphatic rings. The molecule has 0 bridgehead atoms. The van der Waals surface area contributed by atoms with Gasteiger partial charge in [-0.05, 0) is 27.0 Å². The van der Waals surface area contributed by atoms with E-state index in [2.05, 4.69) is 31.1 Å². The number of phenolic OH excluding ortho intramolecular Hbond substituents is 1. The molecule has 0 aliphatic carbocycles. The summed E-state index contributed by atoms with van der Waals surface area (Å²) in [4.78, 5) is 2.26. The van der Waals surface area contributed by atoms with Gasteiger partial charge in [-0.1, -0.05) is 11.6 Å². The fraction of sp³-hybridized carbons (Fsp3) is 0.571. The largest absolute Gasteiger partial charge is 0.504 e.